The first kappa shape index (κ1) is 14.9. The molecule has 6 nitrogen and oxygen atoms in total. The van der Waals surface area contributed by atoms with Gasteiger partial charge in [-0.25, -0.2) is 0 Å². The molecule has 1 aliphatic rings. The molecule has 1 aromatic carbocycles. The smallest absolute Gasteiger partial charge is 0.203 e. The Morgan fingerprint density at radius 1 is 1.25 bits per heavy atom. The molecule has 6 heteroatoms. The van der Waals surface area contributed by atoms with Crippen molar-refractivity contribution < 1.29 is 19.3 Å². The number of hydrogen-bond acceptors (Lipinski definition) is 6. The van der Waals surface area contributed by atoms with E-state index in [2.05, 4.69) is 4.90 Å². The molecule has 0 aliphatic carbocycles. The molecule has 20 heavy (non-hydrogen) atoms. The van der Waals surface area contributed by atoms with E-state index >= 15 is 0 Å². The average Bonchev–Trinajstić information content (AvgIpc) is 2.82. The van der Waals surface area contributed by atoms with Gasteiger partial charge >= 0.3 is 0 Å². The molecule has 3 N–H and O–H groups in total. The van der Waals surface area contributed by atoms with Crippen molar-refractivity contribution in [3.05, 3.63) is 17.2 Å². The summed E-state index contributed by atoms with van der Waals surface area (Å²) >= 11 is 0. The van der Waals surface area contributed by atoms with Crippen LogP contribution in [0.4, 0.5) is 0 Å². The van der Waals surface area contributed by atoms with E-state index in [4.69, 9.17) is 19.9 Å². The van der Waals surface area contributed by atoms with Crippen LogP contribution in [-0.2, 0) is 6.54 Å². The van der Waals surface area contributed by atoms with Crippen LogP contribution < -0.4 is 19.9 Å². The zero-order valence-electron chi connectivity index (χ0n) is 12.2. The minimum atomic E-state index is 0.0610. The summed E-state index contributed by atoms with van der Waals surface area (Å²) in [5, 5.41) is 9.18. The molecular weight excluding hydrogens is 260 g/mol. The first-order valence-electron chi connectivity index (χ1n) is 6.58. The van der Waals surface area contributed by atoms with Gasteiger partial charge in [-0.15, -0.1) is 0 Å². The highest BCUT2D eigenvalue weighted by Gasteiger charge is 2.34. The third-order valence-electron chi connectivity index (χ3n) is 3.74. The van der Waals surface area contributed by atoms with Crippen molar-refractivity contribution in [3.63, 3.8) is 0 Å². The standard InChI is InChI=1S/C14H22N2O4/c1-18-12-6-9-10(13(19-2)14(12)20-3)8-16(4-5-17)11(9)7-15/h6,11,17H,4-5,7-8,15H2,1-3H3. The molecular formula is C14H22N2O4. The van der Waals surface area contributed by atoms with E-state index in [0.29, 0.717) is 36.9 Å². The van der Waals surface area contributed by atoms with Crippen molar-refractivity contribution in [2.45, 2.75) is 12.6 Å². The Bertz CT molecular complexity index is 479. The Morgan fingerprint density at radius 3 is 2.45 bits per heavy atom. The fraction of sp³-hybridized carbons (Fsp3) is 0.571. The quantitative estimate of drug-likeness (QED) is 0.792. The molecule has 0 aromatic heterocycles. The normalized spacial score (nSPS) is 17.9. The lowest BCUT2D eigenvalue weighted by Crippen LogP contribution is -2.30. The summed E-state index contributed by atoms with van der Waals surface area (Å²) in [5.74, 6) is 1.91. The van der Waals surface area contributed by atoms with Crippen LogP contribution in [0.15, 0.2) is 6.07 Å². The number of ether oxygens (including phenoxy) is 3. The third kappa shape index (κ3) is 2.30. The molecule has 1 atom stereocenters. The number of benzene rings is 1. The molecule has 1 heterocycles. The number of β-amino-alcohol motifs (C(OH)–C–C–N with tert-alkyl or cyclic N) is 1. The Hall–Kier alpha value is -1.50. The number of aliphatic hydroxyl groups excluding tert-OH is 1. The highest BCUT2D eigenvalue weighted by Crippen LogP contribution is 2.48. The van der Waals surface area contributed by atoms with Crippen molar-refractivity contribution in [1.29, 1.82) is 0 Å². The Morgan fingerprint density at radius 2 is 1.95 bits per heavy atom. The van der Waals surface area contributed by atoms with Crippen LogP contribution in [0.3, 0.4) is 0 Å². The molecule has 112 valence electrons. The van der Waals surface area contributed by atoms with Crippen LogP contribution in [0, 0.1) is 0 Å². The molecule has 0 bridgehead atoms. The fourth-order valence-electron chi connectivity index (χ4n) is 2.84. The number of rotatable bonds is 6. The number of fused-ring (bicyclic) bond motifs is 1. The summed E-state index contributed by atoms with van der Waals surface area (Å²) in [5.41, 5.74) is 8.02. The summed E-state index contributed by atoms with van der Waals surface area (Å²) < 4.78 is 16.3. The summed E-state index contributed by atoms with van der Waals surface area (Å²) in [6.07, 6.45) is 0. The molecule has 0 spiro atoms. The molecule has 1 aromatic rings. The second kappa shape index (κ2) is 6.30. The van der Waals surface area contributed by atoms with Crippen molar-refractivity contribution in [3.8, 4) is 17.2 Å². The highest BCUT2D eigenvalue weighted by atomic mass is 16.5. The van der Waals surface area contributed by atoms with Crippen LogP contribution in [0.1, 0.15) is 17.2 Å². The van der Waals surface area contributed by atoms with Gasteiger partial charge in [0.05, 0.1) is 27.9 Å². The molecule has 0 saturated heterocycles. The zero-order valence-corrected chi connectivity index (χ0v) is 12.2. The minimum Gasteiger partial charge on any atom is -0.493 e. The van der Waals surface area contributed by atoms with Gasteiger partial charge in [0.1, 0.15) is 0 Å². The highest BCUT2D eigenvalue weighted by molar-refractivity contribution is 5.61. The maximum atomic E-state index is 9.18. The summed E-state index contributed by atoms with van der Waals surface area (Å²) in [4.78, 5) is 2.13. The van der Waals surface area contributed by atoms with Crippen molar-refractivity contribution in [2.75, 3.05) is 41.0 Å². The third-order valence-corrected chi connectivity index (χ3v) is 3.74. The zero-order chi connectivity index (χ0) is 14.7. The number of nitrogens with zero attached hydrogens (tertiary/aromatic N) is 1. The lowest BCUT2D eigenvalue weighted by Gasteiger charge is -2.22. The lowest BCUT2D eigenvalue weighted by molar-refractivity contribution is 0.163. The Kier molecular flexibility index (Phi) is 4.69. The average molecular weight is 282 g/mol. The maximum Gasteiger partial charge on any atom is 0.203 e. The first-order chi connectivity index (χ1) is 9.71. The van der Waals surface area contributed by atoms with Gasteiger partial charge in [-0.2, -0.15) is 0 Å². The number of hydrogen-bond donors (Lipinski definition) is 2. The van der Waals surface area contributed by atoms with Crippen LogP contribution in [0.5, 0.6) is 17.2 Å². The van der Waals surface area contributed by atoms with E-state index in [9.17, 15) is 5.11 Å². The van der Waals surface area contributed by atoms with E-state index in [1.807, 2.05) is 6.07 Å². The molecule has 1 aliphatic heterocycles. The molecule has 0 fully saturated rings. The van der Waals surface area contributed by atoms with Crippen LogP contribution in [-0.4, -0.2) is 51.0 Å². The first-order valence-corrected chi connectivity index (χ1v) is 6.58. The van der Waals surface area contributed by atoms with Gasteiger partial charge in [0.2, 0.25) is 5.75 Å². The van der Waals surface area contributed by atoms with Gasteiger partial charge in [-0.05, 0) is 11.6 Å². The van der Waals surface area contributed by atoms with Gasteiger partial charge in [0.15, 0.2) is 11.5 Å². The van der Waals surface area contributed by atoms with E-state index in [-0.39, 0.29) is 12.6 Å². The SMILES string of the molecule is COc1cc2c(c(OC)c1OC)CN(CCO)C2CN. The van der Waals surface area contributed by atoms with Gasteiger partial charge in [0.25, 0.3) is 0 Å². The molecule has 0 saturated carbocycles. The summed E-state index contributed by atoms with van der Waals surface area (Å²) in [6, 6.07) is 2.01. The number of nitrogens with two attached hydrogens (primary N) is 1. The molecule has 2 rings (SSSR count). The molecule has 0 radical (unpaired) electrons. The van der Waals surface area contributed by atoms with E-state index < -0.39 is 0 Å². The fourth-order valence-corrected chi connectivity index (χ4v) is 2.84. The monoisotopic (exact) mass is 282 g/mol. The summed E-state index contributed by atoms with van der Waals surface area (Å²) in [7, 11) is 4.80. The summed E-state index contributed by atoms with van der Waals surface area (Å²) in [6.45, 7) is 1.83. The lowest BCUT2D eigenvalue weighted by atomic mass is 10.0. The van der Waals surface area contributed by atoms with Crippen molar-refractivity contribution >= 4 is 0 Å². The minimum absolute atomic E-state index is 0.0610. The van der Waals surface area contributed by atoms with Crippen molar-refractivity contribution in [1.82, 2.24) is 4.90 Å². The predicted octanol–water partition coefficient (Wildman–Crippen LogP) is 0.520. The van der Waals surface area contributed by atoms with Crippen LogP contribution >= 0.6 is 0 Å². The van der Waals surface area contributed by atoms with E-state index in [1.54, 1.807) is 21.3 Å². The van der Waals surface area contributed by atoms with Crippen LogP contribution in [0.25, 0.3) is 0 Å². The van der Waals surface area contributed by atoms with E-state index in [1.165, 1.54) is 0 Å². The van der Waals surface area contributed by atoms with Crippen molar-refractivity contribution in [2.24, 2.45) is 5.73 Å². The topological polar surface area (TPSA) is 77.2 Å². The number of aliphatic hydroxyl groups is 1. The molecule has 1 unspecified atom stereocenters. The predicted molar refractivity (Wildman–Crippen MR) is 75.4 cm³/mol. The van der Waals surface area contributed by atoms with E-state index in [0.717, 1.165) is 11.1 Å². The van der Waals surface area contributed by atoms with Gasteiger partial charge in [-0.1, -0.05) is 0 Å². The second-order valence-corrected chi connectivity index (χ2v) is 4.66. The number of methoxy groups -OCH3 is 3. The van der Waals surface area contributed by atoms with Gasteiger partial charge < -0.3 is 25.1 Å². The maximum absolute atomic E-state index is 9.18. The van der Waals surface area contributed by atoms with Gasteiger partial charge in [-0.3, -0.25) is 4.90 Å². The molecule has 0 amide bonds. The second-order valence-electron chi connectivity index (χ2n) is 4.66. The van der Waals surface area contributed by atoms with Crippen LogP contribution in [0.2, 0.25) is 0 Å². The Balaban J connectivity index is 2.54. The van der Waals surface area contributed by atoms with Gasteiger partial charge in [0, 0.05) is 31.2 Å². The Labute approximate surface area is 119 Å². The largest absolute Gasteiger partial charge is 0.493 e.